The van der Waals surface area contributed by atoms with Crippen molar-refractivity contribution in [3.63, 3.8) is 0 Å². The zero-order valence-electron chi connectivity index (χ0n) is 25.4. The number of aromatic nitrogens is 1. The van der Waals surface area contributed by atoms with Gasteiger partial charge in [0.2, 0.25) is 0 Å². The number of rotatable bonds is 11. The lowest BCUT2D eigenvalue weighted by Gasteiger charge is -2.25. The van der Waals surface area contributed by atoms with E-state index in [-0.39, 0.29) is 30.5 Å². The van der Waals surface area contributed by atoms with Crippen LogP contribution in [0.2, 0.25) is 0 Å². The number of carbonyl (C=O) groups is 2. The van der Waals surface area contributed by atoms with Gasteiger partial charge in [-0.25, -0.2) is 14.6 Å². The summed E-state index contributed by atoms with van der Waals surface area (Å²) in [6.45, 7) is 7.12. The maximum absolute atomic E-state index is 14.1. The number of hydrogen-bond acceptors (Lipinski definition) is 11. The molecule has 1 aromatic heterocycles. The highest BCUT2D eigenvalue weighted by Crippen LogP contribution is 2.37. The molecule has 0 saturated heterocycles. The Balaban J connectivity index is 1.88. The van der Waals surface area contributed by atoms with E-state index >= 15 is 0 Å². The van der Waals surface area contributed by atoms with Gasteiger partial charge in [0.25, 0.3) is 5.56 Å². The van der Waals surface area contributed by atoms with E-state index in [1.165, 1.54) is 37.2 Å². The van der Waals surface area contributed by atoms with Crippen LogP contribution in [0.15, 0.2) is 55.9 Å². The molecule has 0 radical (unpaired) electrons. The van der Waals surface area contributed by atoms with Crippen molar-refractivity contribution in [1.82, 2.24) is 4.57 Å². The molecule has 0 bridgehead atoms. The third-order valence-corrected chi connectivity index (χ3v) is 8.20. The molecule has 4 rings (SSSR count). The summed E-state index contributed by atoms with van der Waals surface area (Å²) in [7, 11) is 4.27. The van der Waals surface area contributed by atoms with Crippen molar-refractivity contribution in [3.05, 3.63) is 76.9 Å². The Labute approximate surface area is 266 Å². The molecule has 0 N–H and O–H groups in total. The summed E-state index contributed by atoms with van der Waals surface area (Å²) in [5.41, 5.74) is 1.58. The van der Waals surface area contributed by atoms with E-state index in [4.69, 9.17) is 23.7 Å². The Morgan fingerprint density at radius 2 is 1.77 bits per heavy atom. The molecule has 2 heterocycles. The van der Waals surface area contributed by atoms with Crippen molar-refractivity contribution in [2.75, 3.05) is 34.5 Å². The van der Waals surface area contributed by atoms with Crippen molar-refractivity contribution in [3.8, 4) is 23.0 Å². The molecule has 0 saturated carbocycles. The minimum absolute atomic E-state index is 0.0870. The molecular weight excluding hydrogens is 656 g/mol. The van der Waals surface area contributed by atoms with Crippen LogP contribution in [-0.4, -0.2) is 57.2 Å². The van der Waals surface area contributed by atoms with Crippen molar-refractivity contribution in [2.24, 2.45) is 4.99 Å². The first-order valence-corrected chi connectivity index (χ1v) is 15.2. The molecule has 0 aliphatic carbocycles. The second-order valence-corrected chi connectivity index (χ2v) is 11.6. The standard InChI is InChI=1S/C31H33BrN2O9S/c1-8-41-30(37)27-17(4)33-31-34(28(27)18-9-10-21(43-16(2)3)22(11-18)38-5)29(36)25(44-31)13-19-12-23(39-6)24(14-20(19)32)42-15-26(35)40-7/h9-14,16,28H,8,15H2,1-7H3/b25-13-/t28-/m0/s1. The number of allylic oxidation sites excluding steroid dienone is 1. The Hall–Kier alpha value is -4.10. The molecule has 1 aliphatic rings. The Morgan fingerprint density at radius 1 is 1.07 bits per heavy atom. The van der Waals surface area contributed by atoms with Gasteiger partial charge in [-0.15, -0.1) is 0 Å². The zero-order valence-corrected chi connectivity index (χ0v) is 27.8. The van der Waals surface area contributed by atoms with Gasteiger partial charge in [0.1, 0.15) is 0 Å². The molecule has 0 amide bonds. The lowest BCUT2D eigenvalue weighted by Crippen LogP contribution is -2.40. The number of fused-ring (bicyclic) bond motifs is 1. The number of halogens is 1. The van der Waals surface area contributed by atoms with Crippen molar-refractivity contribution >= 4 is 45.3 Å². The molecular formula is C31H33BrN2O9S. The van der Waals surface area contributed by atoms with Gasteiger partial charge in [-0.2, -0.15) is 0 Å². The maximum atomic E-state index is 14.1. The largest absolute Gasteiger partial charge is 0.493 e. The summed E-state index contributed by atoms with van der Waals surface area (Å²) >= 11 is 4.71. The Bertz CT molecular complexity index is 1790. The summed E-state index contributed by atoms with van der Waals surface area (Å²) in [5, 5.41) is 0. The van der Waals surface area contributed by atoms with Gasteiger partial charge in [-0.05, 0) is 69.2 Å². The molecule has 2 aromatic carbocycles. The zero-order chi connectivity index (χ0) is 32.1. The van der Waals surface area contributed by atoms with E-state index in [9.17, 15) is 14.4 Å². The Kier molecular flexibility index (Phi) is 10.5. The van der Waals surface area contributed by atoms with Gasteiger partial charge >= 0.3 is 11.9 Å². The van der Waals surface area contributed by atoms with E-state index in [0.717, 1.165) is 0 Å². The van der Waals surface area contributed by atoms with Crippen molar-refractivity contribution in [2.45, 2.75) is 39.8 Å². The van der Waals surface area contributed by atoms with E-state index in [1.54, 1.807) is 50.3 Å². The van der Waals surface area contributed by atoms with Crippen LogP contribution in [0.1, 0.15) is 44.9 Å². The normalized spacial score (nSPS) is 14.6. The highest BCUT2D eigenvalue weighted by Gasteiger charge is 2.34. The summed E-state index contributed by atoms with van der Waals surface area (Å²) < 4.78 is 35.0. The second-order valence-electron chi connectivity index (χ2n) is 9.77. The molecule has 0 unspecified atom stereocenters. The first kappa shape index (κ1) is 32.8. The predicted molar refractivity (Wildman–Crippen MR) is 167 cm³/mol. The summed E-state index contributed by atoms with van der Waals surface area (Å²) in [6, 6.07) is 7.81. The van der Waals surface area contributed by atoms with Crippen LogP contribution >= 0.6 is 27.3 Å². The summed E-state index contributed by atoms with van der Waals surface area (Å²) in [5.74, 6) is 0.559. The number of methoxy groups -OCH3 is 3. The van der Waals surface area contributed by atoms with Crippen molar-refractivity contribution < 1.29 is 38.0 Å². The molecule has 13 heteroatoms. The van der Waals surface area contributed by atoms with Gasteiger partial charge in [0.05, 0.1) is 55.9 Å². The molecule has 1 atom stereocenters. The fourth-order valence-electron chi connectivity index (χ4n) is 4.58. The topological polar surface area (TPSA) is 124 Å². The number of benzene rings is 2. The molecule has 234 valence electrons. The fourth-order valence-corrected chi connectivity index (χ4v) is 6.06. The van der Waals surface area contributed by atoms with Gasteiger partial charge in [-0.3, -0.25) is 9.36 Å². The monoisotopic (exact) mass is 688 g/mol. The number of esters is 2. The fraction of sp³-hybridized carbons (Fsp3) is 0.355. The van der Waals surface area contributed by atoms with E-state index in [1.807, 2.05) is 13.8 Å². The van der Waals surface area contributed by atoms with Crippen molar-refractivity contribution in [1.29, 1.82) is 0 Å². The smallest absolute Gasteiger partial charge is 0.343 e. The minimum Gasteiger partial charge on any atom is -0.493 e. The Morgan fingerprint density at radius 3 is 2.41 bits per heavy atom. The second kappa shape index (κ2) is 14.1. The molecule has 11 nitrogen and oxygen atoms in total. The van der Waals surface area contributed by atoms with Crippen LogP contribution in [0.3, 0.4) is 0 Å². The molecule has 0 fully saturated rings. The number of ether oxygens (including phenoxy) is 6. The van der Waals surface area contributed by atoms with Gasteiger partial charge in [0.15, 0.2) is 34.4 Å². The van der Waals surface area contributed by atoms with Gasteiger partial charge in [0, 0.05) is 4.47 Å². The van der Waals surface area contributed by atoms with E-state index in [0.29, 0.717) is 53.6 Å². The average molecular weight is 690 g/mol. The highest BCUT2D eigenvalue weighted by atomic mass is 79.9. The van der Waals surface area contributed by atoms with Crippen LogP contribution in [-0.2, 0) is 19.1 Å². The first-order valence-electron chi connectivity index (χ1n) is 13.6. The third kappa shape index (κ3) is 6.83. The summed E-state index contributed by atoms with van der Waals surface area (Å²) in [4.78, 5) is 43.9. The predicted octanol–water partition coefficient (Wildman–Crippen LogP) is 3.92. The quantitative estimate of drug-likeness (QED) is 0.276. The average Bonchev–Trinajstić information content (AvgIpc) is 3.29. The first-order chi connectivity index (χ1) is 21.0. The maximum Gasteiger partial charge on any atom is 0.343 e. The number of nitrogens with zero attached hydrogens (tertiary/aromatic N) is 2. The lowest BCUT2D eigenvalue weighted by molar-refractivity contribution is -0.143. The highest BCUT2D eigenvalue weighted by molar-refractivity contribution is 9.10. The van der Waals surface area contributed by atoms with Gasteiger partial charge in [-0.1, -0.05) is 33.3 Å². The van der Waals surface area contributed by atoms with Crippen LogP contribution in [0, 0.1) is 0 Å². The SMILES string of the molecule is CCOC(=O)C1=C(C)N=c2s/c(=C\c3cc(OC)c(OCC(=O)OC)cc3Br)c(=O)n2[C@H]1c1ccc(OC(C)C)c(OC)c1. The summed E-state index contributed by atoms with van der Waals surface area (Å²) in [6.07, 6.45) is 1.61. The molecule has 0 spiro atoms. The molecule has 1 aliphatic heterocycles. The lowest BCUT2D eigenvalue weighted by atomic mass is 9.95. The van der Waals surface area contributed by atoms with Crippen LogP contribution in [0.4, 0.5) is 0 Å². The van der Waals surface area contributed by atoms with E-state index < -0.39 is 18.0 Å². The van der Waals surface area contributed by atoms with Gasteiger partial charge < -0.3 is 28.4 Å². The van der Waals surface area contributed by atoms with Crippen LogP contribution in [0.5, 0.6) is 23.0 Å². The molecule has 3 aromatic rings. The number of hydrogen-bond donors (Lipinski definition) is 0. The number of carbonyl (C=O) groups excluding carboxylic acids is 2. The van der Waals surface area contributed by atoms with Crippen LogP contribution in [0.25, 0.3) is 6.08 Å². The van der Waals surface area contributed by atoms with Crippen LogP contribution < -0.4 is 33.8 Å². The third-order valence-electron chi connectivity index (χ3n) is 6.53. The number of thiazole rings is 1. The molecule has 44 heavy (non-hydrogen) atoms. The van der Waals surface area contributed by atoms with E-state index in [2.05, 4.69) is 25.7 Å². The minimum atomic E-state index is -0.832.